The van der Waals surface area contributed by atoms with Crippen molar-refractivity contribution in [3.63, 3.8) is 0 Å². The lowest BCUT2D eigenvalue weighted by Crippen LogP contribution is -2.08. The third kappa shape index (κ3) is 3.31. The van der Waals surface area contributed by atoms with Crippen molar-refractivity contribution in [3.05, 3.63) is 53.5 Å². The highest BCUT2D eigenvalue weighted by atomic mass is 32.2. The molecule has 0 unspecified atom stereocenters. The number of carbonyl (C=O) groups is 1. The smallest absolute Gasteiger partial charge is 0.191 e. The molecular formula is C17H20N4O2S. The number of thioether (sulfide) groups is 1. The van der Waals surface area contributed by atoms with Crippen molar-refractivity contribution in [2.45, 2.75) is 39.0 Å². The first kappa shape index (κ1) is 16.6. The lowest BCUT2D eigenvalue weighted by Gasteiger charge is -2.08. The standard InChI is InChI=1S/C17H20N4O2S/c1-4-20-11-18-19-17(20)24-10-16(22)15-8-12(2)21(13(15)3)9-14-6-5-7-23-14/h5-8,11H,4,9-10H2,1-3H3. The highest BCUT2D eigenvalue weighted by Gasteiger charge is 2.17. The minimum absolute atomic E-state index is 0.101. The minimum Gasteiger partial charge on any atom is -0.467 e. The van der Waals surface area contributed by atoms with Crippen molar-refractivity contribution in [1.82, 2.24) is 19.3 Å². The van der Waals surface area contributed by atoms with Gasteiger partial charge >= 0.3 is 0 Å². The van der Waals surface area contributed by atoms with Gasteiger partial charge in [-0.05, 0) is 39.0 Å². The quantitative estimate of drug-likeness (QED) is 0.486. The van der Waals surface area contributed by atoms with Crippen molar-refractivity contribution >= 4 is 17.5 Å². The average Bonchev–Trinajstić information content (AvgIpc) is 3.29. The molecule has 0 amide bonds. The molecule has 0 aliphatic carbocycles. The van der Waals surface area contributed by atoms with Crippen LogP contribution in [0.3, 0.4) is 0 Å². The average molecular weight is 344 g/mol. The first-order valence-electron chi connectivity index (χ1n) is 7.83. The number of rotatable bonds is 7. The molecule has 3 heterocycles. The predicted molar refractivity (Wildman–Crippen MR) is 92.5 cm³/mol. The molecule has 0 fully saturated rings. The molecule has 0 aromatic carbocycles. The lowest BCUT2D eigenvalue weighted by molar-refractivity contribution is 0.102. The van der Waals surface area contributed by atoms with E-state index >= 15 is 0 Å². The Morgan fingerprint density at radius 1 is 1.38 bits per heavy atom. The van der Waals surface area contributed by atoms with E-state index in [4.69, 9.17) is 4.42 Å². The van der Waals surface area contributed by atoms with E-state index < -0.39 is 0 Å². The van der Waals surface area contributed by atoms with Crippen LogP contribution >= 0.6 is 11.8 Å². The Morgan fingerprint density at radius 3 is 2.92 bits per heavy atom. The molecule has 0 saturated heterocycles. The van der Waals surface area contributed by atoms with Crippen molar-refractivity contribution in [2.24, 2.45) is 0 Å². The second-order valence-electron chi connectivity index (χ2n) is 5.56. The summed E-state index contributed by atoms with van der Waals surface area (Å²) in [6, 6.07) is 5.76. The van der Waals surface area contributed by atoms with Crippen LogP contribution in [-0.2, 0) is 13.1 Å². The Morgan fingerprint density at radius 2 is 2.21 bits per heavy atom. The number of Topliss-reactive ketones (excluding diaryl/α,β-unsaturated/α-hetero) is 1. The summed E-state index contributed by atoms with van der Waals surface area (Å²) in [5, 5.41) is 8.71. The number of aryl methyl sites for hydroxylation is 2. The highest BCUT2D eigenvalue weighted by molar-refractivity contribution is 7.99. The van der Waals surface area contributed by atoms with Crippen LogP contribution < -0.4 is 0 Å². The van der Waals surface area contributed by atoms with E-state index in [-0.39, 0.29) is 5.78 Å². The molecule has 3 rings (SSSR count). The molecule has 0 bridgehead atoms. The van der Waals surface area contributed by atoms with Crippen molar-refractivity contribution in [1.29, 1.82) is 0 Å². The summed E-state index contributed by atoms with van der Waals surface area (Å²) in [5.41, 5.74) is 2.77. The fourth-order valence-corrected chi connectivity index (χ4v) is 3.53. The zero-order valence-corrected chi connectivity index (χ0v) is 14.8. The van der Waals surface area contributed by atoms with Crippen molar-refractivity contribution < 1.29 is 9.21 Å². The molecular weight excluding hydrogens is 324 g/mol. The Hall–Kier alpha value is -2.28. The zero-order chi connectivity index (χ0) is 17.1. The van der Waals surface area contributed by atoms with E-state index in [0.29, 0.717) is 12.3 Å². The number of ketones is 1. The van der Waals surface area contributed by atoms with Gasteiger partial charge in [-0.3, -0.25) is 4.79 Å². The second kappa shape index (κ2) is 7.09. The van der Waals surface area contributed by atoms with E-state index in [1.54, 1.807) is 12.6 Å². The Bertz CT molecular complexity index is 833. The number of carbonyl (C=O) groups excluding carboxylic acids is 1. The molecule has 6 nitrogen and oxygen atoms in total. The summed E-state index contributed by atoms with van der Waals surface area (Å²) in [6.45, 7) is 7.43. The Kier molecular flexibility index (Phi) is 4.89. The fourth-order valence-electron chi connectivity index (χ4n) is 2.67. The maximum atomic E-state index is 12.6. The van der Waals surface area contributed by atoms with Crippen molar-refractivity contribution in [2.75, 3.05) is 5.75 Å². The van der Waals surface area contributed by atoms with Crippen LogP contribution in [0.4, 0.5) is 0 Å². The van der Waals surface area contributed by atoms with Crippen LogP contribution in [0.2, 0.25) is 0 Å². The minimum atomic E-state index is 0.101. The number of hydrogen-bond acceptors (Lipinski definition) is 5. The van der Waals surface area contributed by atoms with Gasteiger partial charge in [-0.1, -0.05) is 11.8 Å². The number of aromatic nitrogens is 4. The number of furan rings is 1. The lowest BCUT2D eigenvalue weighted by atomic mass is 10.2. The van der Waals surface area contributed by atoms with Crippen LogP contribution in [0, 0.1) is 13.8 Å². The van der Waals surface area contributed by atoms with Gasteiger partial charge in [0, 0.05) is 23.5 Å². The molecule has 0 saturated carbocycles. The summed E-state index contributed by atoms with van der Waals surface area (Å²) in [5.74, 6) is 1.33. The largest absolute Gasteiger partial charge is 0.467 e. The first-order chi connectivity index (χ1) is 11.6. The normalized spacial score (nSPS) is 11.1. The molecule has 3 aromatic rings. The van der Waals surface area contributed by atoms with E-state index in [2.05, 4.69) is 14.8 Å². The number of hydrogen-bond donors (Lipinski definition) is 0. The van der Waals surface area contributed by atoms with Gasteiger partial charge < -0.3 is 13.6 Å². The molecule has 3 aromatic heterocycles. The van der Waals surface area contributed by atoms with Crippen LogP contribution in [0.1, 0.15) is 34.4 Å². The van der Waals surface area contributed by atoms with Crippen LogP contribution in [-0.4, -0.2) is 30.9 Å². The maximum Gasteiger partial charge on any atom is 0.191 e. The third-order valence-corrected chi connectivity index (χ3v) is 5.00. The van der Waals surface area contributed by atoms with Gasteiger partial charge in [0.05, 0.1) is 18.6 Å². The van der Waals surface area contributed by atoms with Crippen molar-refractivity contribution in [3.8, 4) is 0 Å². The topological polar surface area (TPSA) is 65.8 Å². The van der Waals surface area contributed by atoms with Gasteiger partial charge in [0.15, 0.2) is 10.9 Å². The second-order valence-corrected chi connectivity index (χ2v) is 6.50. The molecule has 0 aliphatic heterocycles. The van der Waals surface area contributed by atoms with E-state index in [9.17, 15) is 4.79 Å². The Labute approximate surface area is 144 Å². The maximum absolute atomic E-state index is 12.6. The van der Waals surface area contributed by atoms with Gasteiger partial charge in [0.25, 0.3) is 0 Å². The van der Waals surface area contributed by atoms with Gasteiger partial charge in [-0.2, -0.15) is 0 Å². The predicted octanol–water partition coefficient (Wildman–Crippen LogP) is 3.33. The van der Waals surface area contributed by atoms with Crippen LogP contribution in [0.5, 0.6) is 0 Å². The van der Waals surface area contributed by atoms with E-state index in [0.717, 1.165) is 34.4 Å². The summed E-state index contributed by atoms with van der Waals surface area (Å²) in [6.07, 6.45) is 3.35. The molecule has 0 spiro atoms. The molecule has 0 radical (unpaired) electrons. The van der Waals surface area contributed by atoms with Gasteiger partial charge in [0.1, 0.15) is 12.1 Å². The summed E-state index contributed by atoms with van der Waals surface area (Å²) >= 11 is 1.42. The SMILES string of the molecule is CCn1cnnc1SCC(=O)c1cc(C)n(Cc2ccco2)c1C. The van der Waals surface area contributed by atoms with Crippen LogP contribution in [0.15, 0.2) is 40.4 Å². The molecule has 7 heteroatoms. The third-order valence-electron chi connectivity index (χ3n) is 4.02. The number of nitrogens with zero attached hydrogens (tertiary/aromatic N) is 4. The first-order valence-corrected chi connectivity index (χ1v) is 8.81. The monoisotopic (exact) mass is 344 g/mol. The fraction of sp³-hybridized carbons (Fsp3) is 0.353. The van der Waals surface area contributed by atoms with Crippen LogP contribution in [0.25, 0.3) is 0 Å². The zero-order valence-electron chi connectivity index (χ0n) is 14.0. The van der Waals surface area contributed by atoms with E-state index in [1.165, 1.54) is 11.8 Å². The summed E-state index contributed by atoms with van der Waals surface area (Å²) in [7, 11) is 0. The molecule has 24 heavy (non-hydrogen) atoms. The molecule has 0 N–H and O–H groups in total. The Balaban J connectivity index is 1.73. The van der Waals surface area contributed by atoms with Gasteiger partial charge in [-0.15, -0.1) is 10.2 Å². The summed E-state index contributed by atoms with van der Waals surface area (Å²) in [4.78, 5) is 12.6. The molecule has 0 atom stereocenters. The molecule has 0 aliphatic rings. The van der Waals surface area contributed by atoms with E-state index in [1.807, 2.05) is 43.5 Å². The highest BCUT2D eigenvalue weighted by Crippen LogP contribution is 2.21. The van der Waals surface area contributed by atoms with Gasteiger partial charge in [-0.25, -0.2) is 0 Å². The van der Waals surface area contributed by atoms with Gasteiger partial charge in [0.2, 0.25) is 0 Å². The summed E-state index contributed by atoms with van der Waals surface area (Å²) < 4.78 is 9.44. The molecule has 126 valence electrons.